The lowest BCUT2D eigenvalue weighted by molar-refractivity contribution is 0.0222. The van der Waals surface area contributed by atoms with Gasteiger partial charge in [-0.15, -0.1) is 10.2 Å². The van der Waals surface area contributed by atoms with Crippen LogP contribution in [-0.4, -0.2) is 39.4 Å². The van der Waals surface area contributed by atoms with Crippen LogP contribution in [-0.2, 0) is 11.3 Å². The van der Waals surface area contributed by atoms with Gasteiger partial charge in [0.25, 0.3) is 0 Å². The minimum Gasteiger partial charge on any atom is -0.422 e. The Bertz CT molecular complexity index is 717. The number of ether oxygens (including phenoxy) is 1. The molecule has 0 radical (unpaired) electrons. The fourth-order valence-corrected chi connectivity index (χ4v) is 3.96. The number of fused-ring (bicyclic) bond motifs is 1. The molecule has 128 valence electrons. The summed E-state index contributed by atoms with van der Waals surface area (Å²) in [6.07, 6.45) is 3.55. The van der Waals surface area contributed by atoms with Crippen molar-refractivity contribution in [2.45, 2.75) is 57.8 Å². The maximum absolute atomic E-state index is 6.22. The summed E-state index contributed by atoms with van der Waals surface area (Å²) in [5.74, 6) is 3.42. The van der Waals surface area contributed by atoms with Crippen LogP contribution >= 0.6 is 0 Å². The van der Waals surface area contributed by atoms with Crippen molar-refractivity contribution in [3.63, 3.8) is 0 Å². The third-order valence-corrected chi connectivity index (χ3v) is 5.53. The second-order valence-corrected chi connectivity index (χ2v) is 7.41. The van der Waals surface area contributed by atoms with Crippen LogP contribution in [0.2, 0.25) is 0 Å². The Labute approximate surface area is 140 Å². The van der Waals surface area contributed by atoms with E-state index in [2.05, 4.69) is 20.3 Å². The fraction of sp³-hybridized carbons (Fsp3) is 0.706. The van der Waals surface area contributed by atoms with Crippen LogP contribution in [0, 0.1) is 19.8 Å². The molecule has 2 aromatic heterocycles. The van der Waals surface area contributed by atoms with Crippen LogP contribution in [0.5, 0.6) is 0 Å². The number of likely N-dealkylation sites (tertiary alicyclic amines) is 1. The predicted molar refractivity (Wildman–Crippen MR) is 83.2 cm³/mol. The molecule has 7 heteroatoms. The van der Waals surface area contributed by atoms with Crippen LogP contribution in [0.4, 0.5) is 0 Å². The molecule has 3 fully saturated rings. The van der Waals surface area contributed by atoms with Gasteiger partial charge in [0.1, 0.15) is 11.9 Å². The van der Waals surface area contributed by atoms with Crippen LogP contribution in [0.15, 0.2) is 8.94 Å². The first-order valence-electron chi connectivity index (χ1n) is 8.80. The average molecular weight is 330 g/mol. The van der Waals surface area contributed by atoms with Crippen LogP contribution in [0.1, 0.15) is 60.1 Å². The van der Waals surface area contributed by atoms with Crippen LogP contribution in [0.3, 0.4) is 0 Å². The van der Waals surface area contributed by atoms with E-state index in [4.69, 9.17) is 13.7 Å². The summed E-state index contributed by atoms with van der Waals surface area (Å²) in [6, 6.07) is 0. The number of aryl methyl sites for hydroxylation is 2. The van der Waals surface area contributed by atoms with E-state index in [0.29, 0.717) is 17.7 Å². The molecule has 5 rings (SSSR count). The molecule has 24 heavy (non-hydrogen) atoms. The van der Waals surface area contributed by atoms with Crippen molar-refractivity contribution < 1.29 is 13.7 Å². The van der Waals surface area contributed by atoms with Gasteiger partial charge in [-0.2, -0.15) is 0 Å². The SMILES string of the molecule is Cc1noc(C)c1CN1C[C@H]2C[C@H](c3nnc(C4CC4)o3)O[C@H]2C1. The van der Waals surface area contributed by atoms with Crippen molar-refractivity contribution in [3.05, 3.63) is 28.8 Å². The van der Waals surface area contributed by atoms with Crippen molar-refractivity contribution in [2.24, 2.45) is 5.92 Å². The van der Waals surface area contributed by atoms with Crippen LogP contribution < -0.4 is 0 Å². The zero-order valence-corrected chi connectivity index (χ0v) is 14.1. The van der Waals surface area contributed by atoms with Gasteiger partial charge < -0.3 is 13.7 Å². The zero-order valence-electron chi connectivity index (χ0n) is 14.1. The van der Waals surface area contributed by atoms with E-state index in [1.807, 2.05) is 13.8 Å². The summed E-state index contributed by atoms with van der Waals surface area (Å²) in [5.41, 5.74) is 2.19. The Kier molecular flexibility index (Phi) is 3.28. The lowest BCUT2D eigenvalue weighted by Crippen LogP contribution is -2.24. The molecule has 7 nitrogen and oxygen atoms in total. The molecule has 1 saturated carbocycles. The molecule has 0 amide bonds. The molecule has 4 heterocycles. The Balaban J connectivity index is 1.22. The smallest absolute Gasteiger partial charge is 0.245 e. The maximum atomic E-state index is 6.22. The Morgan fingerprint density at radius 3 is 2.67 bits per heavy atom. The molecular weight excluding hydrogens is 308 g/mol. The van der Waals surface area contributed by atoms with Gasteiger partial charge in [-0.3, -0.25) is 4.90 Å². The second-order valence-electron chi connectivity index (χ2n) is 7.41. The summed E-state index contributed by atoms with van der Waals surface area (Å²) < 4.78 is 17.3. The lowest BCUT2D eigenvalue weighted by atomic mass is 10.0. The molecule has 2 aromatic rings. The molecule has 0 spiro atoms. The van der Waals surface area contributed by atoms with Crippen molar-refractivity contribution >= 4 is 0 Å². The van der Waals surface area contributed by atoms with Gasteiger partial charge in [0.2, 0.25) is 11.8 Å². The summed E-state index contributed by atoms with van der Waals surface area (Å²) in [5, 5.41) is 12.4. The van der Waals surface area contributed by atoms with E-state index >= 15 is 0 Å². The van der Waals surface area contributed by atoms with Gasteiger partial charge in [-0.1, -0.05) is 5.16 Å². The molecule has 3 aliphatic rings. The van der Waals surface area contributed by atoms with Crippen LogP contribution in [0.25, 0.3) is 0 Å². The summed E-state index contributed by atoms with van der Waals surface area (Å²) in [6.45, 7) is 6.84. The van der Waals surface area contributed by atoms with E-state index < -0.39 is 0 Å². The van der Waals surface area contributed by atoms with E-state index in [-0.39, 0.29) is 12.2 Å². The van der Waals surface area contributed by atoms with E-state index in [0.717, 1.165) is 43.4 Å². The van der Waals surface area contributed by atoms with E-state index in [9.17, 15) is 0 Å². The molecule has 2 saturated heterocycles. The minimum atomic E-state index is -0.0267. The molecular formula is C17H22N4O3. The predicted octanol–water partition coefficient (Wildman–Crippen LogP) is 2.51. The molecule has 0 unspecified atom stereocenters. The summed E-state index contributed by atoms with van der Waals surface area (Å²) >= 11 is 0. The largest absolute Gasteiger partial charge is 0.422 e. The number of rotatable bonds is 4. The standard InChI is InChI=1S/C17H22N4O3/c1-9-13(10(2)24-20-9)7-21-6-12-5-14(22-15(12)8-21)17-19-18-16(23-17)11-3-4-11/h11-12,14-15H,3-8H2,1-2H3/t12-,14-,15+/m1/s1. The Morgan fingerprint density at radius 1 is 1.12 bits per heavy atom. The summed E-state index contributed by atoms with van der Waals surface area (Å²) in [7, 11) is 0. The number of aromatic nitrogens is 3. The van der Waals surface area contributed by atoms with Gasteiger partial charge in [0, 0.05) is 37.0 Å². The third-order valence-electron chi connectivity index (χ3n) is 5.53. The van der Waals surface area contributed by atoms with Gasteiger partial charge in [0.15, 0.2) is 0 Å². The van der Waals surface area contributed by atoms with Crippen molar-refractivity contribution in [1.82, 2.24) is 20.3 Å². The highest BCUT2D eigenvalue weighted by atomic mass is 16.5. The number of hydrogen-bond donors (Lipinski definition) is 0. The second kappa shape index (κ2) is 5.39. The quantitative estimate of drug-likeness (QED) is 0.852. The third kappa shape index (κ3) is 2.46. The number of hydrogen-bond acceptors (Lipinski definition) is 7. The average Bonchev–Trinajstić information content (AvgIpc) is 2.89. The normalized spacial score (nSPS) is 30.2. The highest BCUT2D eigenvalue weighted by Gasteiger charge is 2.44. The van der Waals surface area contributed by atoms with E-state index in [1.54, 1.807) is 0 Å². The van der Waals surface area contributed by atoms with Gasteiger partial charge in [-0.25, -0.2) is 0 Å². The zero-order chi connectivity index (χ0) is 16.3. The van der Waals surface area contributed by atoms with Crippen molar-refractivity contribution in [3.8, 4) is 0 Å². The Hall–Kier alpha value is -1.73. The lowest BCUT2D eigenvalue weighted by Gasteiger charge is -2.17. The molecule has 1 aliphatic carbocycles. The topological polar surface area (TPSA) is 77.4 Å². The Morgan fingerprint density at radius 2 is 1.96 bits per heavy atom. The molecule has 0 aromatic carbocycles. The first kappa shape index (κ1) is 14.6. The van der Waals surface area contributed by atoms with Crippen molar-refractivity contribution in [1.29, 1.82) is 0 Å². The molecule has 2 aliphatic heterocycles. The van der Waals surface area contributed by atoms with Crippen molar-refractivity contribution in [2.75, 3.05) is 13.1 Å². The maximum Gasteiger partial charge on any atom is 0.245 e. The van der Waals surface area contributed by atoms with Gasteiger partial charge in [-0.05, 0) is 33.1 Å². The molecule has 3 atom stereocenters. The highest BCUT2D eigenvalue weighted by Crippen LogP contribution is 2.43. The summed E-state index contributed by atoms with van der Waals surface area (Å²) in [4.78, 5) is 2.43. The molecule has 0 bridgehead atoms. The minimum absolute atomic E-state index is 0.0267. The highest BCUT2D eigenvalue weighted by molar-refractivity contribution is 5.21. The molecule has 0 N–H and O–H groups in total. The first-order chi connectivity index (χ1) is 11.7. The van der Waals surface area contributed by atoms with Gasteiger partial charge in [0.05, 0.1) is 11.8 Å². The number of nitrogens with zero attached hydrogens (tertiary/aromatic N) is 4. The first-order valence-corrected chi connectivity index (χ1v) is 8.80. The van der Waals surface area contributed by atoms with Gasteiger partial charge >= 0.3 is 0 Å². The monoisotopic (exact) mass is 330 g/mol. The fourth-order valence-electron chi connectivity index (χ4n) is 3.96. The van der Waals surface area contributed by atoms with E-state index in [1.165, 1.54) is 18.4 Å².